The third-order valence-corrected chi connectivity index (χ3v) is 5.99. The first kappa shape index (κ1) is 21.2. The van der Waals surface area contributed by atoms with Gasteiger partial charge in [-0.2, -0.15) is 13.2 Å². The molecule has 0 saturated heterocycles. The van der Waals surface area contributed by atoms with Crippen molar-refractivity contribution in [3.05, 3.63) is 52.5 Å². The normalized spacial score (nSPS) is 13.6. The molecule has 1 atom stereocenters. The molecular weight excluding hydrogens is 403 g/mol. The fourth-order valence-electron chi connectivity index (χ4n) is 2.40. The third kappa shape index (κ3) is 4.22. The van der Waals surface area contributed by atoms with E-state index in [-0.39, 0.29) is 10.6 Å². The summed E-state index contributed by atoms with van der Waals surface area (Å²) in [7, 11) is 0. The number of nitrogens with one attached hydrogen (secondary N) is 1. The van der Waals surface area contributed by atoms with Gasteiger partial charge in [-0.15, -0.1) is 12.6 Å². The topological polar surface area (TPSA) is 46.9 Å². The van der Waals surface area contributed by atoms with E-state index in [1.807, 2.05) is 0 Å². The van der Waals surface area contributed by atoms with Gasteiger partial charge in [0.25, 0.3) is 0 Å². The van der Waals surface area contributed by atoms with Gasteiger partial charge in [0, 0.05) is 26.7 Å². The van der Waals surface area contributed by atoms with Crippen molar-refractivity contribution in [1.82, 2.24) is 0 Å². The Kier molecular flexibility index (Phi) is 6.07. The molecule has 0 aliphatic rings. The van der Waals surface area contributed by atoms with Gasteiger partial charge in [-0.05, 0) is 44.5 Å². The number of benzene rings is 2. The first-order chi connectivity index (χ1) is 11.9. The van der Waals surface area contributed by atoms with Gasteiger partial charge < -0.3 is 4.55 Å². The zero-order valence-corrected chi connectivity index (χ0v) is 16.7. The summed E-state index contributed by atoms with van der Waals surface area (Å²) < 4.78 is 52.7. The summed E-state index contributed by atoms with van der Waals surface area (Å²) in [5.41, 5.74) is -1.16. The molecule has 2 rings (SSSR count). The zero-order valence-electron chi connectivity index (χ0n) is 14.2. The molecule has 0 aliphatic heterocycles. The lowest BCUT2D eigenvalue weighted by Gasteiger charge is -2.27. The molecule has 0 aliphatic carbocycles. The van der Waals surface area contributed by atoms with Gasteiger partial charge in [-0.25, -0.2) is 0 Å². The maximum absolute atomic E-state index is 13.6. The van der Waals surface area contributed by atoms with Crippen molar-refractivity contribution >= 4 is 40.4 Å². The molecule has 26 heavy (non-hydrogen) atoms. The summed E-state index contributed by atoms with van der Waals surface area (Å²) >= 11 is 8.55. The van der Waals surface area contributed by atoms with Crippen LogP contribution in [0.3, 0.4) is 0 Å². The Hall–Kier alpha value is -1.15. The number of alkyl halides is 3. The monoisotopic (exact) mass is 419 g/mol. The molecule has 1 N–H and O–H groups in total. The highest BCUT2D eigenvalue weighted by molar-refractivity contribution is 8.07. The first-order valence-corrected chi connectivity index (χ1v) is 9.52. The summed E-state index contributed by atoms with van der Waals surface area (Å²) in [5, 5.41) is 7.71. The van der Waals surface area contributed by atoms with Crippen LogP contribution in [0, 0.1) is 5.41 Å². The van der Waals surface area contributed by atoms with Crippen molar-refractivity contribution in [2.45, 2.75) is 36.6 Å². The molecule has 140 valence electrons. The fraction of sp³-hybridized carbons (Fsp3) is 0.278. The number of rotatable bonds is 2. The lowest BCUT2D eigenvalue weighted by atomic mass is 9.95. The van der Waals surface area contributed by atoms with Crippen molar-refractivity contribution in [3.63, 3.8) is 0 Å². The van der Waals surface area contributed by atoms with Crippen LogP contribution in [0.1, 0.15) is 31.9 Å². The lowest BCUT2D eigenvalue weighted by Crippen LogP contribution is -2.35. The van der Waals surface area contributed by atoms with E-state index in [0.717, 1.165) is 12.1 Å². The summed E-state index contributed by atoms with van der Waals surface area (Å²) in [4.78, 5) is 0.407. The Morgan fingerprint density at radius 1 is 1.12 bits per heavy atom. The second-order valence-electron chi connectivity index (χ2n) is 6.57. The fourth-order valence-corrected chi connectivity index (χ4v) is 3.94. The molecule has 2 aromatic rings. The quantitative estimate of drug-likeness (QED) is 0.259. The van der Waals surface area contributed by atoms with E-state index in [4.69, 9.17) is 17.0 Å². The third-order valence-electron chi connectivity index (χ3n) is 3.60. The standard InChI is InChI=1S/C18H17ClF3NOS2/c1-17(2,3)26(24)16(23)15-11(18(20,21)22)8-9-12(19)14(15)10-6-4-5-7-13(10)25/h4-9,23,25H,1-3H3. The SMILES string of the molecule is CC(C)(C)[S+]([O-])C(=N)c1c(C(F)(F)F)ccc(Cl)c1-c1ccccc1S. The zero-order chi connectivity index (χ0) is 19.9. The highest BCUT2D eigenvalue weighted by atomic mass is 35.5. The summed E-state index contributed by atoms with van der Waals surface area (Å²) in [6.45, 7) is 4.80. The average Bonchev–Trinajstić information content (AvgIpc) is 2.52. The van der Waals surface area contributed by atoms with Crippen molar-refractivity contribution < 1.29 is 17.7 Å². The molecular formula is C18H17ClF3NOS2. The van der Waals surface area contributed by atoms with E-state index in [1.54, 1.807) is 45.0 Å². The highest BCUT2D eigenvalue weighted by Crippen LogP contribution is 2.43. The number of hydrogen-bond donors (Lipinski definition) is 2. The predicted molar refractivity (Wildman–Crippen MR) is 104 cm³/mol. The molecule has 2 nitrogen and oxygen atoms in total. The minimum absolute atomic E-state index is 0.00897. The minimum Gasteiger partial charge on any atom is -0.610 e. The van der Waals surface area contributed by atoms with E-state index in [9.17, 15) is 17.7 Å². The van der Waals surface area contributed by atoms with E-state index >= 15 is 0 Å². The highest BCUT2D eigenvalue weighted by Gasteiger charge is 2.42. The molecule has 0 heterocycles. The van der Waals surface area contributed by atoms with Gasteiger partial charge >= 0.3 is 6.18 Å². The van der Waals surface area contributed by atoms with Crippen LogP contribution in [0.2, 0.25) is 5.02 Å². The van der Waals surface area contributed by atoms with Gasteiger partial charge in [-0.1, -0.05) is 29.8 Å². The van der Waals surface area contributed by atoms with Crippen molar-refractivity contribution in [3.8, 4) is 11.1 Å². The van der Waals surface area contributed by atoms with Crippen molar-refractivity contribution in [2.24, 2.45) is 0 Å². The van der Waals surface area contributed by atoms with Crippen LogP contribution >= 0.6 is 24.2 Å². The molecule has 8 heteroatoms. The molecule has 0 bridgehead atoms. The Morgan fingerprint density at radius 3 is 2.19 bits per heavy atom. The Bertz CT molecular complexity index is 847. The Labute approximate surface area is 163 Å². The smallest absolute Gasteiger partial charge is 0.417 e. The number of hydrogen-bond acceptors (Lipinski definition) is 3. The van der Waals surface area contributed by atoms with Gasteiger partial charge in [0.15, 0.2) is 0 Å². The molecule has 0 fully saturated rings. The van der Waals surface area contributed by atoms with Crippen LogP contribution in [-0.4, -0.2) is 14.3 Å². The summed E-state index contributed by atoms with van der Waals surface area (Å²) in [5.74, 6) is 0. The second kappa shape index (κ2) is 7.46. The van der Waals surface area contributed by atoms with Crippen LogP contribution in [0.5, 0.6) is 0 Å². The number of thiol groups is 1. The van der Waals surface area contributed by atoms with Crippen LogP contribution in [-0.2, 0) is 17.4 Å². The Balaban J connectivity index is 2.88. The van der Waals surface area contributed by atoms with E-state index in [1.165, 1.54) is 0 Å². The van der Waals surface area contributed by atoms with E-state index in [2.05, 4.69) is 12.6 Å². The maximum Gasteiger partial charge on any atom is 0.417 e. The molecule has 2 aromatic carbocycles. The van der Waals surface area contributed by atoms with Gasteiger partial charge in [-0.3, -0.25) is 5.41 Å². The van der Waals surface area contributed by atoms with Gasteiger partial charge in [0.1, 0.15) is 4.75 Å². The van der Waals surface area contributed by atoms with Gasteiger partial charge in [0.05, 0.1) is 11.1 Å². The molecule has 0 amide bonds. The Morgan fingerprint density at radius 2 is 1.69 bits per heavy atom. The summed E-state index contributed by atoms with van der Waals surface area (Å²) in [6.07, 6.45) is -4.73. The molecule has 0 saturated carbocycles. The predicted octanol–water partition coefficient (Wildman–Crippen LogP) is 6.19. The lowest BCUT2D eigenvalue weighted by molar-refractivity contribution is -0.137. The van der Waals surface area contributed by atoms with Crippen LogP contribution in [0.4, 0.5) is 13.2 Å². The van der Waals surface area contributed by atoms with Crippen LogP contribution in [0.15, 0.2) is 41.3 Å². The first-order valence-electron chi connectivity index (χ1n) is 7.54. The molecule has 0 aromatic heterocycles. The second-order valence-corrected chi connectivity index (χ2v) is 9.63. The van der Waals surface area contributed by atoms with Crippen molar-refractivity contribution in [2.75, 3.05) is 0 Å². The maximum atomic E-state index is 13.6. The van der Waals surface area contributed by atoms with Crippen molar-refractivity contribution in [1.29, 1.82) is 5.41 Å². The number of halogens is 4. The van der Waals surface area contributed by atoms with Crippen LogP contribution < -0.4 is 0 Å². The molecule has 1 unspecified atom stereocenters. The molecule has 0 spiro atoms. The van der Waals surface area contributed by atoms with Crippen LogP contribution in [0.25, 0.3) is 11.1 Å². The van der Waals surface area contributed by atoms with Gasteiger partial charge in [0.2, 0.25) is 5.04 Å². The summed E-state index contributed by atoms with van der Waals surface area (Å²) in [6, 6.07) is 8.46. The van der Waals surface area contributed by atoms with E-state index < -0.39 is 38.3 Å². The minimum atomic E-state index is -4.73. The molecule has 0 radical (unpaired) electrons. The largest absolute Gasteiger partial charge is 0.610 e. The van der Waals surface area contributed by atoms with E-state index in [0.29, 0.717) is 10.5 Å². The average molecular weight is 420 g/mol.